The Morgan fingerprint density at radius 1 is 1.12 bits per heavy atom. The van der Waals surface area contributed by atoms with E-state index in [0.29, 0.717) is 37.0 Å². The number of amides is 1. The molecule has 0 aromatic heterocycles. The fraction of sp³-hybridized carbons (Fsp3) is 0.579. The normalized spacial score (nSPS) is 12.5. The van der Waals surface area contributed by atoms with E-state index < -0.39 is 10.8 Å². The molecular weight excluding hydrogens is 348 g/mol. The molecule has 0 saturated heterocycles. The maximum absolute atomic E-state index is 12.1. The SMILES string of the molecule is CCNC(=NCCS(=O)Cc1ccccc1)NCCC(=O)N(CC)CC. The smallest absolute Gasteiger partial charge is 0.224 e. The van der Waals surface area contributed by atoms with Crippen LogP contribution >= 0.6 is 0 Å². The molecule has 1 unspecified atom stereocenters. The number of carbonyl (C=O) groups is 1. The van der Waals surface area contributed by atoms with Crippen molar-refractivity contribution < 1.29 is 9.00 Å². The highest BCUT2D eigenvalue weighted by molar-refractivity contribution is 7.84. The second kappa shape index (κ2) is 13.3. The highest BCUT2D eigenvalue weighted by atomic mass is 32.2. The standard InChI is InChI=1S/C19H32N4O2S/c1-4-20-19(21-13-12-18(24)23(5-2)6-3)22-14-15-26(25)16-17-10-8-7-9-11-17/h7-11H,4-6,12-16H2,1-3H3,(H2,20,21,22). The summed E-state index contributed by atoms with van der Waals surface area (Å²) < 4.78 is 12.1. The molecule has 0 bridgehead atoms. The molecule has 7 heteroatoms. The van der Waals surface area contributed by atoms with Gasteiger partial charge in [-0.15, -0.1) is 0 Å². The summed E-state index contributed by atoms with van der Waals surface area (Å²) in [5.41, 5.74) is 1.08. The minimum atomic E-state index is -0.937. The molecule has 0 aliphatic heterocycles. The molecule has 26 heavy (non-hydrogen) atoms. The molecule has 1 amide bonds. The van der Waals surface area contributed by atoms with Gasteiger partial charge in [-0.05, 0) is 26.3 Å². The molecule has 1 rings (SSSR count). The Hall–Kier alpha value is -1.89. The molecule has 1 aromatic rings. The van der Waals surface area contributed by atoms with Gasteiger partial charge in [0.2, 0.25) is 5.91 Å². The van der Waals surface area contributed by atoms with E-state index in [1.807, 2.05) is 56.0 Å². The van der Waals surface area contributed by atoms with Crippen molar-refractivity contribution in [2.45, 2.75) is 32.9 Å². The first kappa shape index (κ1) is 22.2. The second-order valence-corrected chi connectivity index (χ2v) is 7.35. The summed E-state index contributed by atoms with van der Waals surface area (Å²) >= 11 is 0. The van der Waals surface area contributed by atoms with E-state index in [0.717, 1.165) is 25.2 Å². The fourth-order valence-corrected chi connectivity index (χ4v) is 3.46. The van der Waals surface area contributed by atoms with Gasteiger partial charge in [-0.1, -0.05) is 30.3 Å². The molecule has 146 valence electrons. The maximum Gasteiger partial charge on any atom is 0.224 e. The van der Waals surface area contributed by atoms with Crippen LogP contribution in [-0.2, 0) is 21.3 Å². The zero-order chi connectivity index (χ0) is 19.2. The van der Waals surface area contributed by atoms with Crippen molar-refractivity contribution in [1.29, 1.82) is 0 Å². The van der Waals surface area contributed by atoms with Crippen molar-refractivity contribution in [2.75, 3.05) is 38.5 Å². The Labute approximate surface area is 159 Å². The summed E-state index contributed by atoms with van der Waals surface area (Å²) in [6, 6.07) is 9.84. The number of hydrogen-bond donors (Lipinski definition) is 2. The van der Waals surface area contributed by atoms with Crippen LogP contribution in [0.3, 0.4) is 0 Å². The van der Waals surface area contributed by atoms with Gasteiger partial charge in [0.15, 0.2) is 5.96 Å². The third kappa shape index (κ3) is 8.99. The van der Waals surface area contributed by atoms with Crippen LogP contribution in [0.25, 0.3) is 0 Å². The number of guanidine groups is 1. The highest BCUT2D eigenvalue weighted by Gasteiger charge is 2.09. The zero-order valence-corrected chi connectivity index (χ0v) is 17.0. The van der Waals surface area contributed by atoms with Gasteiger partial charge in [-0.2, -0.15) is 0 Å². The van der Waals surface area contributed by atoms with Gasteiger partial charge in [-0.3, -0.25) is 14.0 Å². The Kier molecular flexibility index (Phi) is 11.4. The van der Waals surface area contributed by atoms with Crippen LogP contribution in [0.1, 0.15) is 32.8 Å². The molecule has 1 aromatic carbocycles. The molecule has 0 fully saturated rings. The van der Waals surface area contributed by atoms with Gasteiger partial charge >= 0.3 is 0 Å². The first-order chi connectivity index (χ1) is 12.6. The van der Waals surface area contributed by atoms with Crippen molar-refractivity contribution in [1.82, 2.24) is 15.5 Å². The van der Waals surface area contributed by atoms with Gasteiger partial charge < -0.3 is 15.5 Å². The molecule has 0 radical (unpaired) electrons. The van der Waals surface area contributed by atoms with E-state index in [2.05, 4.69) is 15.6 Å². The van der Waals surface area contributed by atoms with Crippen molar-refractivity contribution in [3.63, 3.8) is 0 Å². The van der Waals surface area contributed by atoms with Gasteiger partial charge in [0, 0.05) is 54.9 Å². The van der Waals surface area contributed by atoms with Crippen molar-refractivity contribution in [3.8, 4) is 0 Å². The van der Waals surface area contributed by atoms with Crippen LogP contribution < -0.4 is 10.6 Å². The van der Waals surface area contributed by atoms with E-state index >= 15 is 0 Å². The van der Waals surface area contributed by atoms with Crippen molar-refractivity contribution in [3.05, 3.63) is 35.9 Å². The predicted molar refractivity (Wildman–Crippen MR) is 110 cm³/mol. The number of aliphatic imine (C=N–C) groups is 1. The summed E-state index contributed by atoms with van der Waals surface area (Å²) in [5.74, 6) is 1.88. The van der Waals surface area contributed by atoms with Crippen LogP contribution in [0.2, 0.25) is 0 Å². The third-order valence-electron chi connectivity index (χ3n) is 3.85. The number of nitrogens with zero attached hydrogens (tertiary/aromatic N) is 2. The van der Waals surface area contributed by atoms with Crippen LogP contribution in [0.5, 0.6) is 0 Å². The molecule has 1 atom stereocenters. The number of carbonyl (C=O) groups excluding carboxylic acids is 1. The van der Waals surface area contributed by atoms with E-state index in [1.54, 1.807) is 0 Å². The van der Waals surface area contributed by atoms with Crippen LogP contribution in [0.15, 0.2) is 35.3 Å². The number of benzene rings is 1. The molecule has 0 aliphatic carbocycles. The summed E-state index contributed by atoms with van der Waals surface area (Å²) in [6.45, 7) is 9.18. The summed E-state index contributed by atoms with van der Waals surface area (Å²) in [7, 11) is -0.937. The minimum absolute atomic E-state index is 0.141. The maximum atomic E-state index is 12.1. The first-order valence-electron chi connectivity index (χ1n) is 9.29. The summed E-state index contributed by atoms with van der Waals surface area (Å²) in [4.78, 5) is 18.3. The van der Waals surface area contributed by atoms with Gasteiger partial charge in [0.05, 0.1) is 6.54 Å². The van der Waals surface area contributed by atoms with Crippen LogP contribution in [0.4, 0.5) is 0 Å². The fourth-order valence-electron chi connectivity index (χ4n) is 2.46. The van der Waals surface area contributed by atoms with Crippen molar-refractivity contribution >= 4 is 22.7 Å². The topological polar surface area (TPSA) is 73.8 Å². The van der Waals surface area contributed by atoms with E-state index in [4.69, 9.17) is 0 Å². The minimum Gasteiger partial charge on any atom is -0.357 e. The Balaban J connectivity index is 2.38. The Morgan fingerprint density at radius 3 is 2.42 bits per heavy atom. The number of rotatable bonds is 11. The summed E-state index contributed by atoms with van der Waals surface area (Å²) in [6.07, 6.45) is 0.437. The van der Waals surface area contributed by atoms with E-state index in [9.17, 15) is 9.00 Å². The lowest BCUT2D eigenvalue weighted by atomic mass is 10.2. The lowest BCUT2D eigenvalue weighted by molar-refractivity contribution is -0.130. The molecule has 2 N–H and O–H groups in total. The largest absolute Gasteiger partial charge is 0.357 e. The number of nitrogens with one attached hydrogen (secondary N) is 2. The molecule has 0 aliphatic rings. The second-order valence-electron chi connectivity index (χ2n) is 5.78. The Bertz CT molecular complexity index is 574. The average Bonchev–Trinajstić information content (AvgIpc) is 2.63. The van der Waals surface area contributed by atoms with Gasteiger partial charge in [-0.25, -0.2) is 0 Å². The van der Waals surface area contributed by atoms with Crippen LogP contribution in [-0.4, -0.2) is 59.5 Å². The molecule has 0 saturated carbocycles. The molecule has 6 nitrogen and oxygen atoms in total. The van der Waals surface area contributed by atoms with Gasteiger partial charge in [0.25, 0.3) is 0 Å². The summed E-state index contributed by atoms with van der Waals surface area (Å²) in [5, 5.41) is 6.32. The monoisotopic (exact) mass is 380 g/mol. The van der Waals surface area contributed by atoms with Crippen LogP contribution in [0, 0.1) is 0 Å². The van der Waals surface area contributed by atoms with E-state index in [-0.39, 0.29) is 5.91 Å². The van der Waals surface area contributed by atoms with Crippen molar-refractivity contribution in [2.24, 2.45) is 4.99 Å². The molecule has 0 heterocycles. The predicted octanol–water partition coefficient (Wildman–Crippen LogP) is 1.75. The average molecular weight is 381 g/mol. The lowest BCUT2D eigenvalue weighted by Gasteiger charge is -2.19. The molecular formula is C19H32N4O2S. The lowest BCUT2D eigenvalue weighted by Crippen LogP contribution is -2.40. The van der Waals surface area contributed by atoms with Gasteiger partial charge in [0.1, 0.15) is 0 Å². The highest BCUT2D eigenvalue weighted by Crippen LogP contribution is 2.02. The Morgan fingerprint density at radius 2 is 1.81 bits per heavy atom. The third-order valence-corrected chi connectivity index (χ3v) is 5.14. The quantitative estimate of drug-likeness (QED) is 0.453. The van der Waals surface area contributed by atoms with E-state index in [1.165, 1.54) is 0 Å². The zero-order valence-electron chi connectivity index (χ0n) is 16.2. The number of hydrogen-bond acceptors (Lipinski definition) is 3. The first-order valence-corrected chi connectivity index (χ1v) is 10.8. The molecule has 0 spiro atoms.